The summed E-state index contributed by atoms with van der Waals surface area (Å²) in [6.07, 6.45) is 3.83. The number of nitrogens with one attached hydrogen (secondary N) is 1. The van der Waals surface area contributed by atoms with Crippen LogP contribution in [0.5, 0.6) is 0 Å². The Labute approximate surface area is 163 Å². The van der Waals surface area contributed by atoms with E-state index in [1.54, 1.807) is 35.4 Å². The van der Waals surface area contributed by atoms with E-state index in [4.69, 9.17) is 0 Å². The Balaban J connectivity index is 1.44. The van der Waals surface area contributed by atoms with Crippen molar-refractivity contribution in [1.82, 2.24) is 15.2 Å². The van der Waals surface area contributed by atoms with Crippen LogP contribution in [-0.2, 0) is 17.8 Å². The number of Topliss-reactive ketones (excluding diaryl/α,β-unsaturated/α-hetero) is 1. The van der Waals surface area contributed by atoms with E-state index in [2.05, 4.69) is 16.9 Å². The van der Waals surface area contributed by atoms with Crippen molar-refractivity contribution in [2.75, 3.05) is 0 Å². The number of aryl methyl sites for hydroxylation is 1. The molecule has 142 valence electrons. The number of rotatable bonds is 5. The summed E-state index contributed by atoms with van der Waals surface area (Å²) in [7, 11) is 0. The van der Waals surface area contributed by atoms with Gasteiger partial charge in [0.1, 0.15) is 11.7 Å². The predicted molar refractivity (Wildman–Crippen MR) is 104 cm³/mol. The zero-order valence-corrected chi connectivity index (χ0v) is 15.5. The Morgan fingerprint density at radius 1 is 1.25 bits per heavy atom. The zero-order valence-electron chi connectivity index (χ0n) is 15.5. The van der Waals surface area contributed by atoms with Crippen LogP contribution in [0.3, 0.4) is 0 Å². The molecule has 0 saturated carbocycles. The maximum absolute atomic E-state index is 12.7. The summed E-state index contributed by atoms with van der Waals surface area (Å²) >= 11 is 0. The highest BCUT2D eigenvalue weighted by Crippen LogP contribution is 2.29. The van der Waals surface area contributed by atoms with Crippen molar-refractivity contribution < 1.29 is 14.4 Å². The van der Waals surface area contributed by atoms with Crippen LogP contribution in [0.15, 0.2) is 54.9 Å². The molecule has 1 fully saturated rings. The molecule has 3 heterocycles. The van der Waals surface area contributed by atoms with Gasteiger partial charge in [0.15, 0.2) is 5.78 Å². The highest BCUT2D eigenvalue weighted by Gasteiger charge is 2.38. The molecule has 6 nitrogen and oxygen atoms in total. The summed E-state index contributed by atoms with van der Waals surface area (Å²) in [5.74, 6) is -0.282. The van der Waals surface area contributed by atoms with Gasteiger partial charge in [-0.1, -0.05) is 24.8 Å². The normalized spacial score (nSPS) is 18.8. The summed E-state index contributed by atoms with van der Waals surface area (Å²) in [5.41, 5.74) is 3.71. The first-order valence-electron chi connectivity index (χ1n) is 9.38. The molecule has 1 atom stereocenters. The maximum atomic E-state index is 12.7. The Kier molecular flexibility index (Phi) is 4.77. The molecule has 2 amide bonds. The van der Waals surface area contributed by atoms with Gasteiger partial charge < -0.3 is 10.2 Å². The van der Waals surface area contributed by atoms with Crippen LogP contribution in [0.1, 0.15) is 51.2 Å². The molecule has 2 aliphatic heterocycles. The quantitative estimate of drug-likeness (QED) is 0.815. The molecule has 1 aromatic carbocycles. The smallest absolute Gasteiger partial charge is 0.255 e. The third kappa shape index (κ3) is 3.45. The first-order chi connectivity index (χ1) is 13.5. The summed E-state index contributed by atoms with van der Waals surface area (Å²) in [5, 5.41) is 2.74. The first kappa shape index (κ1) is 18.1. The van der Waals surface area contributed by atoms with E-state index in [1.807, 2.05) is 12.1 Å². The SMILES string of the molecule is C=C1CCC(N2Cc3cc(CCC(=O)c4ccccn4)ccc3C2=O)C(=O)N1. The second-order valence-corrected chi connectivity index (χ2v) is 7.21. The number of amides is 2. The van der Waals surface area contributed by atoms with Crippen molar-refractivity contribution in [3.05, 3.63) is 77.3 Å². The summed E-state index contributed by atoms with van der Waals surface area (Å²) in [6, 6.07) is 10.5. The molecule has 0 radical (unpaired) electrons. The number of carbonyl (C=O) groups is 3. The van der Waals surface area contributed by atoms with E-state index < -0.39 is 6.04 Å². The van der Waals surface area contributed by atoms with E-state index >= 15 is 0 Å². The topological polar surface area (TPSA) is 79.4 Å². The van der Waals surface area contributed by atoms with Crippen molar-refractivity contribution in [2.45, 2.75) is 38.3 Å². The van der Waals surface area contributed by atoms with Gasteiger partial charge in [-0.15, -0.1) is 0 Å². The number of fused-ring (bicyclic) bond motifs is 1. The van der Waals surface area contributed by atoms with Crippen LogP contribution in [-0.4, -0.2) is 33.5 Å². The highest BCUT2D eigenvalue weighted by atomic mass is 16.2. The Morgan fingerprint density at radius 2 is 2.11 bits per heavy atom. The van der Waals surface area contributed by atoms with Crippen molar-refractivity contribution in [2.24, 2.45) is 0 Å². The van der Waals surface area contributed by atoms with Gasteiger partial charge in [-0.05, 0) is 48.6 Å². The zero-order chi connectivity index (χ0) is 19.7. The molecule has 2 aliphatic rings. The first-order valence-corrected chi connectivity index (χ1v) is 9.38. The minimum absolute atomic E-state index is 0.00194. The average molecular weight is 375 g/mol. The van der Waals surface area contributed by atoms with Gasteiger partial charge in [0.25, 0.3) is 5.91 Å². The minimum atomic E-state index is -0.459. The number of ketones is 1. The molecular formula is C22H21N3O3. The van der Waals surface area contributed by atoms with E-state index in [1.165, 1.54) is 0 Å². The number of nitrogens with zero attached hydrogens (tertiary/aromatic N) is 2. The molecular weight excluding hydrogens is 354 g/mol. The lowest BCUT2D eigenvalue weighted by molar-refractivity contribution is -0.126. The number of carbonyl (C=O) groups excluding carboxylic acids is 3. The second kappa shape index (κ2) is 7.38. The molecule has 1 unspecified atom stereocenters. The molecule has 0 bridgehead atoms. The van der Waals surface area contributed by atoms with Crippen LogP contribution in [0, 0.1) is 0 Å². The summed E-state index contributed by atoms with van der Waals surface area (Å²) in [6.45, 7) is 4.20. The number of allylic oxidation sites excluding steroid dienone is 1. The molecule has 28 heavy (non-hydrogen) atoms. The molecule has 0 spiro atoms. The Hall–Kier alpha value is -3.28. The molecule has 0 aliphatic carbocycles. The summed E-state index contributed by atoms with van der Waals surface area (Å²) in [4.78, 5) is 43.0. The van der Waals surface area contributed by atoms with Crippen molar-refractivity contribution >= 4 is 17.6 Å². The average Bonchev–Trinajstić information content (AvgIpc) is 3.02. The van der Waals surface area contributed by atoms with E-state index in [-0.39, 0.29) is 17.6 Å². The van der Waals surface area contributed by atoms with Crippen molar-refractivity contribution in [3.8, 4) is 0 Å². The van der Waals surface area contributed by atoms with Gasteiger partial charge in [0.05, 0.1) is 0 Å². The Bertz CT molecular complexity index is 968. The number of aromatic nitrogens is 1. The summed E-state index contributed by atoms with van der Waals surface area (Å²) < 4.78 is 0. The van der Waals surface area contributed by atoms with E-state index in [0.717, 1.165) is 11.1 Å². The van der Waals surface area contributed by atoms with Gasteiger partial charge in [0.2, 0.25) is 5.91 Å². The van der Waals surface area contributed by atoms with Crippen molar-refractivity contribution in [3.63, 3.8) is 0 Å². The second-order valence-electron chi connectivity index (χ2n) is 7.21. The van der Waals surface area contributed by atoms with E-state index in [0.29, 0.717) is 49.2 Å². The fraction of sp³-hybridized carbons (Fsp3) is 0.273. The number of hydrogen-bond acceptors (Lipinski definition) is 4. The lowest BCUT2D eigenvalue weighted by Gasteiger charge is -2.30. The third-order valence-corrected chi connectivity index (χ3v) is 5.29. The largest absolute Gasteiger partial charge is 0.329 e. The van der Waals surface area contributed by atoms with Gasteiger partial charge in [-0.3, -0.25) is 19.4 Å². The Morgan fingerprint density at radius 3 is 2.86 bits per heavy atom. The van der Waals surface area contributed by atoms with Gasteiger partial charge in [0, 0.05) is 30.4 Å². The molecule has 4 rings (SSSR count). The fourth-order valence-electron chi connectivity index (χ4n) is 3.78. The van der Waals surface area contributed by atoms with Crippen LogP contribution in [0.2, 0.25) is 0 Å². The molecule has 1 aromatic heterocycles. The number of benzene rings is 1. The number of piperidine rings is 1. The van der Waals surface area contributed by atoms with Gasteiger partial charge >= 0.3 is 0 Å². The van der Waals surface area contributed by atoms with Gasteiger partial charge in [-0.25, -0.2) is 0 Å². The number of hydrogen-bond donors (Lipinski definition) is 1. The molecule has 2 aromatic rings. The third-order valence-electron chi connectivity index (χ3n) is 5.29. The lowest BCUT2D eigenvalue weighted by atomic mass is 10.0. The van der Waals surface area contributed by atoms with Crippen LogP contribution in [0.4, 0.5) is 0 Å². The minimum Gasteiger partial charge on any atom is -0.329 e. The van der Waals surface area contributed by atoms with Crippen LogP contribution < -0.4 is 5.32 Å². The predicted octanol–water partition coefficient (Wildman–Crippen LogP) is 2.65. The lowest BCUT2D eigenvalue weighted by Crippen LogP contribution is -2.49. The number of pyridine rings is 1. The monoisotopic (exact) mass is 375 g/mol. The maximum Gasteiger partial charge on any atom is 0.255 e. The van der Waals surface area contributed by atoms with Crippen molar-refractivity contribution in [1.29, 1.82) is 0 Å². The van der Waals surface area contributed by atoms with Gasteiger partial charge in [-0.2, -0.15) is 0 Å². The van der Waals surface area contributed by atoms with E-state index in [9.17, 15) is 14.4 Å². The standard InChI is InChI=1S/C22H21N3O3/c1-14-5-9-19(21(27)24-14)25-13-16-12-15(6-8-17(16)22(25)28)7-10-20(26)18-4-2-3-11-23-18/h2-4,6,8,11-12,19H,1,5,7,9-10,13H2,(H,24,27). The molecule has 1 N–H and O–H groups in total. The van der Waals surface area contributed by atoms with Crippen LogP contribution >= 0.6 is 0 Å². The highest BCUT2D eigenvalue weighted by molar-refractivity contribution is 6.01. The fourth-order valence-corrected chi connectivity index (χ4v) is 3.78. The van der Waals surface area contributed by atoms with Crippen LogP contribution in [0.25, 0.3) is 0 Å². The molecule has 1 saturated heterocycles. The molecule has 6 heteroatoms.